The van der Waals surface area contributed by atoms with Gasteiger partial charge in [0.25, 0.3) is 0 Å². The van der Waals surface area contributed by atoms with E-state index >= 15 is 0 Å². The average molecular weight is 228 g/mol. The van der Waals surface area contributed by atoms with E-state index in [0.29, 0.717) is 17.1 Å². The van der Waals surface area contributed by atoms with Gasteiger partial charge in [-0.3, -0.25) is 0 Å². The highest BCUT2D eigenvalue weighted by molar-refractivity contribution is 6.28. The van der Waals surface area contributed by atoms with Crippen LogP contribution in [0.1, 0.15) is 51.3 Å². The molecule has 1 aromatic rings. The molecule has 84 valence electrons. The van der Waals surface area contributed by atoms with Gasteiger partial charge in [-0.25, -0.2) is 0 Å². The van der Waals surface area contributed by atoms with Gasteiger partial charge in [0.15, 0.2) is 0 Å². The second kappa shape index (κ2) is 4.52. The van der Waals surface area contributed by atoms with Gasteiger partial charge < -0.3 is 4.57 Å². The Bertz CT molecular complexity index is 327. The zero-order valence-corrected chi connectivity index (χ0v) is 10.2. The minimum absolute atomic E-state index is 0.559. The molecule has 0 spiro atoms. The zero-order valence-electron chi connectivity index (χ0n) is 9.41. The lowest BCUT2D eigenvalue weighted by Gasteiger charge is -2.14. The summed E-state index contributed by atoms with van der Waals surface area (Å²) in [6.07, 6.45) is 4.88. The Hall–Kier alpha value is -0.570. The first-order chi connectivity index (χ1) is 7.26. The molecule has 0 N–H and O–H groups in total. The Morgan fingerprint density at radius 2 is 2.00 bits per heavy atom. The number of hydrogen-bond donors (Lipinski definition) is 0. The maximum absolute atomic E-state index is 6.06. The summed E-state index contributed by atoms with van der Waals surface area (Å²) in [6, 6.07) is 0. The lowest BCUT2D eigenvalue weighted by atomic mass is 10.0. The first-order valence-electron chi connectivity index (χ1n) is 5.84. The van der Waals surface area contributed by atoms with Gasteiger partial charge in [-0.15, -0.1) is 10.2 Å². The van der Waals surface area contributed by atoms with E-state index in [0.717, 1.165) is 12.4 Å². The van der Waals surface area contributed by atoms with E-state index in [4.69, 9.17) is 11.6 Å². The molecule has 3 nitrogen and oxygen atoms in total. The Kier molecular flexibility index (Phi) is 3.29. The van der Waals surface area contributed by atoms with E-state index in [1.807, 2.05) is 0 Å². The minimum atomic E-state index is 0.559. The van der Waals surface area contributed by atoms with Gasteiger partial charge in [-0.05, 0) is 30.4 Å². The maximum atomic E-state index is 6.06. The van der Waals surface area contributed by atoms with Crippen molar-refractivity contribution in [1.29, 1.82) is 0 Å². The highest BCUT2D eigenvalue weighted by Gasteiger charge is 2.30. The molecule has 0 saturated heterocycles. The van der Waals surface area contributed by atoms with Crippen molar-refractivity contribution >= 4 is 11.6 Å². The van der Waals surface area contributed by atoms with Gasteiger partial charge in [0, 0.05) is 12.5 Å². The summed E-state index contributed by atoms with van der Waals surface area (Å²) in [5.74, 6) is 2.42. The third-order valence-electron chi connectivity index (χ3n) is 3.27. The second-order valence-electron chi connectivity index (χ2n) is 4.39. The summed E-state index contributed by atoms with van der Waals surface area (Å²) in [7, 11) is 0. The predicted molar refractivity (Wildman–Crippen MR) is 61.1 cm³/mol. The molecule has 0 bridgehead atoms. The molecule has 1 heterocycles. The zero-order chi connectivity index (χ0) is 10.8. The standard InChI is InChI=1S/C11H18ClN3/c1-3-8(4-2)7-15-10(9-5-6-9)13-14-11(15)12/h8-9H,3-7H2,1-2H3. The van der Waals surface area contributed by atoms with Crippen LogP contribution in [0.4, 0.5) is 0 Å². The third kappa shape index (κ3) is 2.33. The van der Waals surface area contributed by atoms with Gasteiger partial charge >= 0.3 is 0 Å². The second-order valence-corrected chi connectivity index (χ2v) is 4.73. The fourth-order valence-corrected chi connectivity index (χ4v) is 2.11. The van der Waals surface area contributed by atoms with Crippen molar-refractivity contribution in [1.82, 2.24) is 14.8 Å². The lowest BCUT2D eigenvalue weighted by Crippen LogP contribution is -2.12. The summed E-state index contributed by atoms with van der Waals surface area (Å²) in [4.78, 5) is 0. The van der Waals surface area contributed by atoms with Crippen LogP contribution in [0.2, 0.25) is 5.28 Å². The Morgan fingerprint density at radius 3 is 2.53 bits per heavy atom. The highest BCUT2D eigenvalue weighted by Crippen LogP contribution is 2.39. The summed E-state index contributed by atoms with van der Waals surface area (Å²) in [6.45, 7) is 5.43. The molecule has 0 amide bonds. The molecule has 1 aliphatic rings. The monoisotopic (exact) mass is 227 g/mol. The van der Waals surface area contributed by atoms with Crippen LogP contribution < -0.4 is 0 Å². The molecular weight excluding hydrogens is 210 g/mol. The van der Waals surface area contributed by atoms with E-state index in [-0.39, 0.29) is 0 Å². The smallest absolute Gasteiger partial charge is 0.225 e. The number of hydrogen-bond acceptors (Lipinski definition) is 2. The van der Waals surface area contributed by atoms with Crippen LogP contribution in [0.5, 0.6) is 0 Å². The quantitative estimate of drug-likeness (QED) is 0.773. The highest BCUT2D eigenvalue weighted by atomic mass is 35.5. The number of aromatic nitrogens is 3. The first kappa shape index (κ1) is 10.9. The molecule has 15 heavy (non-hydrogen) atoms. The van der Waals surface area contributed by atoms with Crippen LogP contribution >= 0.6 is 11.6 Å². The van der Waals surface area contributed by atoms with Crippen LogP contribution in [-0.4, -0.2) is 14.8 Å². The molecule has 4 heteroatoms. The predicted octanol–water partition coefficient (Wildman–Crippen LogP) is 3.25. The SMILES string of the molecule is CCC(CC)Cn1c(Cl)nnc1C1CC1. The van der Waals surface area contributed by atoms with E-state index in [9.17, 15) is 0 Å². The first-order valence-corrected chi connectivity index (χ1v) is 6.22. The summed E-state index contributed by atoms with van der Waals surface area (Å²) >= 11 is 6.06. The topological polar surface area (TPSA) is 30.7 Å². The normalized spacial score (nSPS) is 16.3. The van der Waals surface area contributed by atoms with Crippen LogP contribution in [0.3, 0.4) is 0 Å². The van der Waals surface area contributed by atoms with Crippen LogP contribution in [-0.2, 0) is 6.54 Å². The van der Waals surface area contributed by atoms with Crippen molar-refractivity contribution in [2.75, 3.05) is 0 Å². The van der Waals surface area contributed by atoms with Gasteiger partial charge in [0.2, 0.25) is 5.28 Å². The Labute approximate surface area is 95.8 Å². The van der Waals surface area contributed by atoms with E-state index in [1.54, 1.807) is 0 Å². The van der Waals surface area contributed by atoms with Crippen LogP contribution in [0.15, 0.2) is 0 Å². The van der Waals surface area contributed by atoms with Crippen molar-refractivity contribution in [3.63, 3.8) is 0 Å². The Morgan fingerprint density at radius 1 is 1.33 bits per heavy atom. The van der Waals surface area contributed by atoms with Gasteiger partial charge in [0.05, 0.1) is 0 Å². The summed E-state index contributed by atoms with van der Waals surface area (Å²) < 4.78 is 2.11. The molecule has 0 aliphatic heterocycles. The molecule has 1 aliphatic carbocycles. The fourth-order valence-electron chi connectivity index (χ4n) is 1.91. The summed E-state index contributed by atoms with van der Waals surface area (Å²) in [5, 5.41) is 8.72. The molecule has 0 radical (unpaired) electrons. The van der Waals surface area contributed by atoms with Crippen molar-refractivity contribution in [2.24, 2.45) is 5.92 Å². The van der Waals surface area contributed by atoms with Gasteiger partial charge in [-0.2, -0.15) is 0 Å². The van der Waals surface area contributed by atoms with E-state index in [2.05, 4.69) is 28.6 Å². The number of nitrogens with zero attached hydrogens (tertiary/aromatic N) is 3. The third-order valence-corrected chi connectivity index (χ3v) is 3.55. The fraction of sp³-hybridized carbons (Fsp3) is 0.818. The van der Waals surface area contributed by atoms with Crippen molar-refractivity contribution in [2.45, 2.75) is 52.0 Å². The molecule has 1 saturated carbocycles. The molecule has 1 aromatic heterocycles. The molecule has 0 aromatic carbocycles. The molecular formula is C11H18ClN3. The van der Waals surface area contributed by atoms with Gasteiger partial charge in [0.1, 0.15) is 5.82 Å². The lowest BCUT2D eigenvalue weighted by molar-refractivity contribution is 0.411. The number of halogens is 1. The molecule has 2 rings (SSSR count). The average Bonchev–Trinajstić information content (AvgIpc) is 3.02. The Balaban J connectivity index is 2.14. The maximum Gasteiger partial charge on any atom is 0.225 e. The van der Waals surface area contributed by atoms with Crippen molar-refractivity contribution < 1.29 is 0 Å². The van der Waals surface area contributed by atoms with Crippen molar-refractivity contribution in [3.05, 3.63) is 11.1 Å². The minimum Gasteiger partial charge on any atom is -0.301 e. The van der Waals surface area contributed by atoms with E-state index < -0.39 is 0 Å². The molecule has 0 atom stereocenters. The summed E-state index contributed by atoms with van der Waals surface area (Å²) in [5.41, 5.74) is 0. The molecule has 1 fully saturated rings. The van der Waals surface area contributed by atoms with Gasteiger partial charge in [-0.1, -0.05) is 26.7 Å². The van der Waals surface area contributed by atoms with Crippen LogP contribution in [0, 0.1) is 5.92 Å². The van der Waals surface area contributed by atoms with Crippen molar-refractivity contribution in [3.8, 4) is 0 Å². The van der Waals surface area contributed by atoms with Crippen LogP contribution in [0.25, 0.3) is 0 Å². The van der Waals surface area contributed by atoms with E-state index in [1.165, 1.54) is 25.7 Å². The molecule has 0 unspecified atom stereocenters. The number of rotatable bonds is 5. The largest absolute Gasteiger partial charge is 0.301 e.